The summed E-state index contributed by atoms with van der Waals surface area (Å²) in [6.45, 7) is 21.4. The number of ether oxygens (including phenoxy) is 4. The van der Waals surface area contributed by atoms with Crippen LogP contribution in [0.1, 0.15) is 101 Å². The molecule has 0 rings (SSSR count). The molecule has 0 saturated heterocycles. The van der Waals surface area contributed by atoms with Gasteiger partial charge in [0, 0.05) is 40.8 Å². The molecule has 5 unspecified atom stereocenters. The van der Waals surface area contributed by atoms with Gasteiger partial charge in [-0.3, -0.25) is 0 Å². The van der Waals surface area contributed by atoms with Crippen LogP contribution in [0.5, 0.6) is 0 Å². The summed E-state index contributed by atoms with van der Waals surface area (Å²) in [7, 11) is 7.38. The van der Waals surface area contributed by atoms with E-state index >= 15 is 0 Å². The fourth-order valence-corrected chi connectivity index (χ4v) is 5.47. The highest BCUT2D eigenvalue weighted by Gasteiger charge is 2.41. The van der Waals surface area contributed by atoms with Crippen molar-refractivity contribution >= 4 is 0 Å². The molecule has 5 atom stereocenters. The van der Waals surface area contributed by atoms with Crippen LogP contribution in [-0.4, -0.2) is 52.9 Å². The zero-order chi connectivity index (χ0) is 25.2. The van der Waals surface area contributed by atoms with E-state index in [-0.39, 0.29) is 28.6 Å². The summed E-state index contributed by atoms with van der Waals surface area (Å²) in [5, 5.41) is 0. The fourth-order valence-electron chi connectivity index (χ4n) is 5.47. The van der Waals surface area contributed by atoms with Gasteiger partial charge in [0.1, 0.15) is 0 Å². The maximum atomic E-state index is 6.40. The number of hydrogen-bond donors (Lipinski definition) is 0. The molecule has 0 bridgehead atoms. The van der Waals surface area contributed by atoms with Crippen molar-refractivity contribution in [2.75, 3.05) is 35.0 Å². The molecule has 0 aliphatic carbocycles. The Bertz CT molecular complexity index is 477. The number of methoxy groups -OCH3 is 4. The van der Waals surface area contributed by atoms with Crippen molar-refractivity contribution in [2.45, 2.75) is 119 Å². The third-order valence-electron chi connectivity index (χ3n) is 6.55. The van der Waals surface area contributed by atoms with Crippen molar-refractivity contribution in [1.82, 2.24) is 0 Å². The Morgan fingerprint density at radius 3 is 1.66 bits per heavy atom. The van der Waals surface area contributed by atoms with Gasteiger partial charge in [-0.2, -0.15) is 0 Å². The summed E-state index contributed by atoms with van der Waals surface area (Å²) < 4.78 is 24.1. The molecule has 32 heavy (non-hydrogen) atoms. The maximum Gasteiger partial charge on any atom is 0.0711 e. The van der Waals surface area contributed by atoms with E-state index in [1.54, 1.807) is 7.11 Å². The van der Waals surface area contributed by atoms with Crippen LogP contribution in [0.2, 0.25) is 0 Å². The summed E-state index contributed by atoms with van der Waals surface area (Å²) >= 11 is 0. The van der Waals surface area contributed by atoms with Gasteiger partial charge in [0.15, 0.2) is 0 Å². The predicted octanol–water partition coefficient (Wildman–Crippen LogP) is 7.39. The molecular weight excluding hydrogens is 400 g/mol. The molecular formula is C28H58O4. The summed E-state index contributed by atoms with van der Waals surface area (Å²) in [5.41, 5.74) is 0.112. The standard InChI is InChI=1S/C28H58O4/c1-21(2)14-15-23(19-29-10)25(31-12)22(3)16-28(32-13,20-27(7,8)9)18-24(30-11)17-26(4,5)6/h21-25H,14-20H2,1-13H3. The molecule has 0 aromatic carbocycles. The van der Waals surface area contributed by atoms with Crippen molar-refractivity contribution in [3.05, 3.63) is 0 Å². The number of hydrogen-bond acceptors (Lipinski definition) is 4. The predicted molar refractivity (Wildman–Crippen MR) is 137 cm³/mol. The van der Waals surface area contributed by atoms with E-state index in [0.29, 0.717) is 17.8 Å². The van der Waals surface area contributed by atoms with Gasteiger partial charge in [-0.15, -0.1) is 0 Å². The molecule has 0 saturated carbocycles. The first-order valence-corrected chi connectivity index (χ1v) is 12.7. The van der Waals surface area contributed by atoms with Crippen LogP contribution in [0.4, 0.5) is 0 Å². The molecule has 0 spiro atoms. The van der Waals surface area contributed by atoms with E-state index < -0.39 is 0 Å². The third-order valence-corrected chi connectivity index (χ3v) is 6.55. The van der Waals surface area contributed by atoms with Crippen LogP contribution in [0.3, 0.4) is 0 Å². The van der Waals surface area contributed by atoms with Crippen LogP contribution in [0, 0.1) is 28.6 Å². The maximum absolute atomic E-state index is 6.40. The Kier molecular flexibility index (Phi) is 14.2. The van der Waals surface area contributed by atoms with Gasteiger partial charge in [0.25, 0.3) is 0 Å². The smallest absolute Gasteiger partial charge is 0.0711 e. The van der Waals surface area contributed by atoms with Gasteiger partial charge in [-0.05, 0) is 48.3 Å². The van der Waals surface area contributed by atoms with E-state index in [9.17, 15) is 0 Å². The summed E-state index contributed by atoms with van der Waals surface area (Å²) in [4.78, 5) is 0. The fraction of sp³-hybridized carbons (Fsp3) is 1.00. The normalized spacial score (nSPS) is 18.9. The zero-order valence-corrected chi connectivity index (χ0v) is 24.0. The SMILES string of the molecule is COCC(CCC(C)C)C(OC)C(C)CC(CC(CC(C)(C)C)OC)(CC(C)(C)C)OC. The summed E-state index contributed by atoms with van der Waals surface area (Å²) in [6, 6.07) is 0. The lowest BCUT2D eigenvalue weighted by Gasteiger charge is -2.44. The first-order valence-electron chi connectivity index (χ1n) is 12.7. The second-order valence-electron chi connectivity index (χ2n) is 13.0. The van der Waals surface area contributed by atoms with Gasteiger partial charge in [-0.1, -0.05) is 68.7 Å². The minimum atomic E-state index is -0.254. The Hall–Kier alpha value is -0.160. The van der Waals surface area contributed by atoms with Crippen molar-refractivity contribution < 1.29 is 18.9 Å². The first-order chi connectivity index (χ1) is 14.6. The molecule has 0 heterocycles. The van der Waals surface area contributed by atoms with Crippen molar-refractivity contribution in [2.24, 2.45) is 28.6 Å². The van der Waals surface area contributed by atoms with Gasteiger partial charge in [0.2, 0.25) is 0 Å². The van der Waals surface area contributed by atoms with Gasteiger partial charge < -0.3 is 18.9 Å². The molecule has 0 aromatic heterocycles. The lowest BCUT2D eigenvalue weighted by molar-refractivity contribution is -0.113. The highest BCUT2D eigenvalue weighted by molar-refractivity contribution is 4.93. The van der Waals surface area contributed by atoms with Gasteiger partial charge in [-0.25, -0.2) is 0 Å². The topological polar surface area (TPSA) is 36.9 Å². The van der Waals surface area contributed by atoms with Crippen molar-refractivity contribution in [1.29, 1.82) is 0 Å². The number of rotatable bonds is 16. The molecule has 0 aliphatic heterocycles. The quantitative estimate of drug-likeness (QED) is 0.242. The monoisotopic (exact) mass is 458 g/mol. The third kappa shape index (κ3) is 12.9. The molecule has 0 fully saturated rings. The molecule has 4 heteroatoms. The summed E-state index contributed by atoms with van der Waals surface area (Å²) in [6.07, 6.45) is 6.48. The first kappa shape index (κ1) is 31.8. The van der Waals surface area contributed by atoms with Crippen LogP contribution >= 0.6 is 0 Å². The molecule has 4 nitrogen and oxygen atoms in total. The highest BCUT2D eigenvalue weighted by atomic mass is 16.5. The van der Waals surface area contributed by atoms with E-state index in [4.69, 9.17) is 18.9 Å². The minimum absolute atomic E-state index is 0.145. The molecule has 0 radical (unpaired) electrons. The van der Waals surface area contributed by atoms with Gasteiger partial charge in [0.05, 0.1) is 24.4 Å². The lowest BCUT2D eigenvalue weighted by atomic mass is 9.71. The zero-order valence-electron chi connectivity index (χ0n) is 24.0. The van der Waals surface area contributed by atoms with Crippen LogP contribution in [0.15, 0.2) is 0 Å². The molecule has 0 aliphatic rings. The van der Waals surface area contributed by atoms with Crippen LogP contribution < -0.4 is 0 Å². The second-order valence-corrected chi connectivity index (χ2v) is 13.0. The molecule has 0 amide bonds. The average Bonchev–Trinajstić information content (AvgIpc) is 2.63. The van der Waals surface area contributed by atoms with Gasteiger partial charge >= 0.3 is 0 Å². The Balaban J connectivity index is 5.81. The Morgan fingerprint density at radius 1 is 0.688 bits per heavy atom. The van der Waals surface area contributed by atoms with E-state index in [1.807, 2.05) is 21.3 Å². The second kappa shape index (κ2) is 14.3. The van der Waals surface area contributed by atoms with E-state index in [0.717, 1.165) is 38.7 Å². The lowest BCUT2D eigenvalue weighted by Crippen LogP contribution is -2.45. The largest absolute Gasteiger partial charge is 0.384 e. The average molecular weight is 459 g/mol. The Morgan fingerprint density at radius 2 is 1.28 bits per heavy atom. The van der Waals surface area contributed by atoms with Crippen LogP contribution in [0.25, 0.3) is 0 Å². The van der Waals surface area contributed by atoms with E-state index in [1.165, 1.54) is 6.42 Å². The van der Waals surface area contributed by atoms with E-state index in [2.05, 4.69) is 62.3 Å². The molecule has 0 aromatic rings. The van der Waals surface area contributed by atoms with Crippen LogP contribution in [-0.2, 0) is 18.9 Å². The highest BCUT2D eigenvalue weighted by Crippen LogP contribution is 2.41. The minimum Gasteiger partial charge on any atom is -0.384 e. The Labute approximate surface area is 201 Å². The van der Waals surface area contributed by atoms with Crippen molar-refractivity contribution in [3.63, 3.8) is 0 Å². The molecule has 194 valence electrons. The summed E-state index contributed by atoms with van der Waals surface area (Å²) in [5.74, 6) is 1.42. The molecule has 0 N–H and O–H groups in total. The van der Waals surface area contributed by atoms with Crippen molar-refractivity contribution in [3.8, 4) is 0 Å².